The molecule has 1 heterocycles. The number of carboxylic acid groups (broad SMARTS) is 1. The molecule has 5 nitrogen and oxygen atoms in total. The smallest absolute Gasteiger partial charge is 0.306 e. The highest BCUT2D eigenvalue weighted by atomic mass is 16.4. The molecule has 1 aliphatic carbocycles. The molecular weight excluding hydrogens is 270 g/mol. The van der Waals surface area contributed by atoms with Gasteiger partial charge >= 0.3 is 5.97 Å². The largest absolute Gasteiger partial charge is 0.481 e. The Morgan fingerprint density at radius 2 is 2.05 bits per heavy atom. The Hall–Kier alpha value is -2.04. The lowest BCUT2D eigenvalue weighted by Crippen LogP contribution is -2.31. The zero-order valence-corrected chi connectivity index (χ0v) is 12.2. The summed E-state index contributed by atoms with van der Waals surface area (Å²) >= 11 is 0. The number of hydrogen-bond donors (Lipinski definition) is 2. The van der Waals surface area contributed by atoms with Gasteiger partial charge in [-0.05, 0) is 56.7 Å². The van der Waals surface area contributed by atoms with Gasteiger partial charge in [0.15, 0.2) is 0 Å². The lowest BCUT2D eigenvalue weighted by Gasteiger charge is -2.25. The van der Waals surface area contributed by atoms with E-state index in [1.807, 2.05) is 19.1 Å². The summed E-state index contributed by atoms with van der Waals surface area (Å²) in [5.41, 5.74) is 0. The van der Waals surface area contributed by atoms with E-state index in [0.717, 1.165) is 18.6 Å². The van der Waals surface area contributed by atoms with Crippen LogP contribution in [0.3, 0.4) is 0 Å². The van der Waals surface area contributed by atoms with Crippen LogP contribution in [0, 0.1) is 18.8 Å². The molecule has 1 aliphatic rings. The molecule has 114 valence electrons. The lowest BCUT2D eigenvalue weighted by atomic mass is 9.82. The van der Waals surface area contributed by atoms with Crippen molar-refractivity contribution < 1.29 is 19.1 Å². The predicted octanol–water partition coefficient (Wildman–Crippen LogP) is 2.61. The second kappa shape index (κ2) is 7.11. The van der Waals surface area contributed by atoms with Crippen LogP contribution in [0.4, 0.5) is 0 Å². The van der Waals surface area contributed by atoms with Crippen LogP contribution in [-0.2, 0) is 9.59 Å². The summed E-state index contributed by atoms with van der Waals surface area (Å²) < 4.78 is 5.34. The van der Waals surface area contributed by atoms with E-state index in [9.17, 15) is 9.59 Å². The number of aliphatic carboxylic acids is 1. The molecule has 0 atom stereocenters. The van der Waals surface area contributed by atoms with Crippen LogP contribution in [0.2, 0.25) is 0 Å². The van der Waals surface area contributed by atoms with Crippen molar-refractivity contribution in [1.82, 2.24) is 5.32 Å². The Kier molecular flexibility index (Phi) is 5.20. The van der Waals surface area contributed by atoms with E-state index in [2.05, 4.69) is 5.32 Å². The van der Waals surface area contributed by atoms with Crippen molar-refractivity contribution in [2.45, 2.75) is 32.6 Å². The monoisotopic (exact) mass is 291 g/mol. The molecule has 0 aromatic carbocycles. The summed E-state index contributed by atoms with van der Waals surface area (Å²) in [6.45, 7) is 2.46. The molecule has 0 spiro atoms. The molecule has 0 unspecified atom stereocenters. The average Bonchev–Trinajstić information content (AvgIpc) is 2.89. The summed E-state index contributed by atoms with van der Waals surface area (Å²) in [6.07, 6.45) is 6.23. The Morgan fingerprint density at radius 1 is 1.33 bits per heavy atom. The van der Waals surface area contributed by atoms with Gasteiger partial charge in [-0.3, -0.25) is 9.59 Å². The second-order valence-electron chi connectivity index (χ2n) is 5.58. The third-order valence-electron chi connectivity index (χ3n) is 3.92. The molecule has 1 fully saturated rings. The first-order valence-corrected chi connectivity index (χ1v) is 7.29. The number of furan rings is 1. The van der Waals surface area contributed by atoms with Crippen molar-refractivity contribution >= 4 is 18.0 Å². The van der Waals surface area contributed by atoms with Gasteiger partial charge in [-0.15, -0.1) is 0 Å². The highest BCUT2D eigenvalue weighted by Gasteiger charge is 2.25. The van der Waals surface area contributed by atoms with Crippen LogP contribution in [0.25, 0.3) is 6.08 Å². The molecule has 5 heteroatoms. The first-order valence-electron chi connectivity index (χ1n) is 7.29. The number of aryl methyl sites for hydroxylation is 1. The summed E-state index contributed by atoms with van der Waals surface area (Å²) in [5, 5.41) is 11.8. The fourth-order valence-corrected chi connectivity index (χ4v) is 2.62. The third-order valence-corrected chi connectivity index (χ3v) is 3.92. The molecule has 0 saturated heterocycles. The molecule has 1 aromatic heterocycles. The SMILES string of the molecule is Cc1ccc(/C=C/C(=O)NCC2CCC(C(=O)O)CC2)o1. The number of hydrogen-bond acceptors (Lipinski definition) is 3. The number of carbonyl (C=O) groups is 2. The Morgan fingerprint density at radius 3 is 2.62 bits per heavy atom. The molecule has 0 radical (unpaired) electrons. The van der Waals surface area contributed by atoms with Crippen LogP contribution >= 0.6 is 0 Å². The van der Waals surface area contributed by atoms with E-state index >= 15 is 0 Å². The highest BCUT2D eigenvalue weighted by Crippen LogP contribution is 2.28. The molecule has 1 aromatic rings. The van der Waals surface area contributed by atoms with Crippen molar-refractivity contribution in [1.29, 1.82) is 0 Å². The van der Waals surface area contributed by atoms with E-state index < -0.39 is 5.97 Å². The van der Waals surface area contributed by atoms with Crippen molar-refractivity contribution in [2.75, 3.05) is 6.54 Å². The molecule has 2 rings (SSSR count). The predicted molar refractivity (Wildman–Crippen MR) is 78.6 cm³/mol. The fraction of sp³-hybridized carbons (Fsp3) is 0.500. The van der Waals surface area contributed by atoms with Crippen LogP contribution < -0.4 is 5.32 Å². The third kappa shape index (κ3) is 4.77. The fourth-order valence-electron chi connectivity index (χ4n) is 2.62. The molecule has 1 amide bonds. The van der Waals surface area contributed by atoms with Crippen molar-refractivity contribution in [3.63, 3.8) is 0 Å². The highest BCUT2D eigenvalue weighted by molar-refractivity contribution is 5.91. The van der Waals surface area contributed by atoms with E-state index in [0.29, 0.717) is 31.1 Å². The number of carboxylic acids is 1. The molecular formula is C16H21NO4. The number of amides is 1. The summed E-state index contributed by atoms with van der Waals surface area (Å²) in [6, 6.07) is 3.66. The van der Waals surface area contributed by atoms with Gasteiger partial charge in [0.2, 0.25) is 5.91 Å². The topological polar surface area (TPSA) is 79.5 Å². The maximum absolute atomic E-state index is 11.7. The van der Waals surface area contributed by atoms with Gasteiger partial charge in [-0.25, -0.2) is 0 Å². The maximum atomic E-state index is 11.7. The van der Waals surface area contributed by atoms with Crippen molar-refractivity contribution in [3.8, 4) is 0 Å². The van der Waals surface area contributed by atoms with Crippen LogP contribution in [0.15, 0.2) is 22.6 Å². The lowest BCUT2D eigenvalue weighted by molar-refractivity contribution is -0.143. The minimum atomic E-state index is -0.700. The van der Waals surface area contributed by atoms with Gasteiger partial charge in [-0.1, -0.05) is 0 Å². The van der Waals surface area contributed by atoms with Gasteiger partial charge in [0.05, 0.1) is 5.92 Å². The van der Waals surface area contributed by atoms with Gasteiger partial charge in [0, 0.05) is 12.6 Å². The zero-order chi connectivity index (χ0) is 15.2. The van der Waals surface area contributed by atoms with E-state index in [4.69, 9.17) is 9.52 Å². The summed E-state index contributed by atoms with van der Waals surface area (Å²) in [5.74, 6) is 0.788. The number of nitrogens with one attached hydrogen (secondary N) is 1. The van der Waals surface area contributed by atoms with E-state index in [1.165, 1.54) is 6.08 Å². The van der Waals surface area contributed by atoms with E-state index in [1.54, 1.807) is 6.08 Å². The van der Waals surface area contributed by atoms with Crippen LogP contribution in [0.5, 0.6) is 0 Å². The Bertz CT molecular complexity index is 524. The quantitative estimate of drug-likeness (QED) is 0.817. The molecule has 0 aliphatic heterocycles. The molecule has 21 heavy (non-hydrogen) atoms. The first kappa shape index (κ1) is 15.4. The standard InChI is InChI=1S/C16H21NO4/c1-11-2-7-14(21-11)8-9-15(18)17-10-12-3-5-13(6-4-12)16(19)20/h2,7-9,12-13H,3-6,10H2,1H3,(H,17,18)(H,19,20)/b9-8+. The minimum absolute atomic E-state index is 0.149. The van der Waals surface area contributed by atoms with Crippen LogP contribution in [0.1, 0.15) is 37.2 Å². The van der Waals surface area contributed by atoms with E-state index in [-0.39, 0.29) is 11.8 Å². The normalized spacial score (nSPS) is 22.3. The van der Waals surface area contributed by atoms with Gasteiger partial charge in [-0.2, -0.15) is 0 Å². The summed E-state index contributed by atoms with van der Waals surface area (Å²) in [7, 11) is 0. The second-order valence-corrected chi connectivity index (χ2v) is 5.58. The maximum Gasteiger partial charge on any atom is 0.306 e. The van der Waals surface area contributed by atoms with Gasteiger partial charge in [0.1, 0.15) is 11.5 Å². The molecule has 1 saturated carbocycles. The Balaban J connectivity index is 1.70. The van der Waals surface area contributed by atoms with Crippen molar-refractivity contribution in [2.24, 2.45) is 11.8 Å². The van der Waals surface area contributed by atoms with Crippen molar-refractivity contribution in [3.05, 3.63) is 29.7 Å². The van der Waals surface area contributed by atoms with Crippen LogP contribution in [-0.4, -0.2) is 23.5 Å². The zero-order valence-electron chi connectivity index (χ0n) is 12.2. The average molecular weight is 291 g/mol. The number of carbonyl (C=O) groups excluding carboxylic acids is 1. The minimum Gasteiger partial charge on any atom is -0.481 e. The molecule has 0 bridgehead atoms. The van der Waals surface area contributed by atoms with Gasteiger partial charge < -0.3 is 14.8 Å². The number of rotatable bonds is 5. The van der Waals surface area contributed by atoms with Gasteiger partial charge in [0.25, 0.3) is 0 Å². The Labute approximate surface area is 124 Å². The summed E-state index contributed by atoms with van der Waals surface area (Å²) in [4.78, 5) is 22.6. The molecule has 2 N–H and O–H groups in total. The first-order chi connectivity index (χ1) is 10.0.